The lowest BCUT2D eigenvalue weighted by atomic mass is 10.2. The second-order valence-corrected chi connectivity index (χ2v) is 4.76. The van der Waals surface area contributed by atoms with Crippen molar-refractivity contribution in [1.82, 2.24) is 4.98 Å². The lowest BCUT2D eigenvalue weighted by Crippen LogP contribution is -1.95. The first-order valence-corrected chi connectivity index (χ1v) is 6.31. The van der Waals surface area contributed by atoms with E-state index in [0.717, 1.165) is 6.07 Å². The van der Waals surface area contributed by atoms with Crippen LogP contribution in [0, 0.1) is 23.0 Å². The summed E-state index contributed by atoms with van der Waals surface area (Å²) in [5, 5.41) is 9.38. The Balaban J connectivity index is 2.12. The number of halogens is 2. The van der Waals surface area contributed by atoms with E-state index in [1.54, 1.807) is 12.1 Å². The molecule has 2 N–H and O–H groups in total. The van der Waals surface area contributed by atoms with Crippen LogP contribution in [0.15, 0.2) is 35.4 Å². The minimum absolute atomic E-state index is 0.149. The molecule has 1 heterocycles. The van der Waals surface area contributed by atoms with Crippen molar-refractivity contribution in [3.05, 3.63) is 53.2 Å². The molecule has 0 aliphatic rings. The van der Waals surface area contributed by atoms with E-state index < -0.39 is 11.6 Å². The fourth-order valence-corrected chi connectivity index (χ4v) is 2.27. The number of rotatable bonds is 3. The maximum atomic E-state index is 13.0. The second-order valence-electron chi connectivity index (χ2n) is 3.77. The van der Waals surface area contributed by atoms with Gasteiger partial charge in [0.05, 0.1) is 10.7 Å². The van der Waals surface area contributed by atoms with Gasteiger partial charge in [0.15, 0.2) is 5.69 Å². The minimum atomic E-state index is -0.612. The Kier molecular flexibility index (Phi) is 3.97. The Morgan fingerprint density at radius 3 is 2.53 bits per heavy atom. The summed E-state index contributed by atoms with van der Waals surface area (Å²) in [5.41, 5.74) is 6.52. The first-order chi connectivity index (χ1) is 9.08. The Hall–Kier alpha value is -2.13. The highest BCUT2D eigenvalue weighted by Gasteiger charge is 2.05. The standard InChI is InChI=1S/C13H9F2N3S/c14-9-3-8(4-10(15)5-9)7-19-13-2-1-11(17)12(6-16)18-13/h1-5H,7,17H2. The number of nitrogen functional groups attached to an aromatic ring is 1. The zero-order chi connectivity index (χ0) is 13.8. The van der Waals surface area contributed by atoms with E-state index in [0.29, 0.717) is 22.0 Å². The predicted octanol–water partition coefficient (Wildman–Crippen LogP) is 3.11. The van der Waals surface area contributed by atoms with Crippen LogP contribution in [0.4, 0.5) is 14.5 Å². The Morgan fingerprint density at radius 2 is 1.89 bits per heavy atom. The molecule has 0 saturated carbocycles. The topological polar surface area (TPSA) is 62.7 Å². The van der Waals surface area contributed by atoms with Crippen LogP contribution >= 0.6 is 11.8 Å². The van der Waals surface area contributed by atoms with E-state index in [1.807, 2.05) is 6.07 Å². The van der Waals surface area contributed by atoms with Crippen LogP contribution in [0.3, 0.4) is 0 Å². The van der Waals surface area contributed by atoms with Crippen LogP contribution in [0.25, 0.3) is 0 Å². The quantitative estimate of drug-likeness (QED) is 0.876. The van der Waals surface area contributed by atoms with Gasteiger partial charge in [-0.05, 0) is 29.8 Å². The lowest BCUT2D eigenvalue weighted by Gasteiger charge is -2.04. The van der Waals surface area contributed by atoms with Gasteiger partial charge in [0.25, 0.3) is 0 Å². The van der Waals surface area contributed by atoms with E-state index in [1.165, 1.54) is 23.9 Å². The summed E-state index contributed by atoms with van der Waals surface area (Å²) in [6.07, 6.45) is 0. The minimum Gasteiger partial charge on any atom is -0.396 e. The predicted molar refractivity (Wildman–Crippen MR) is 69.3 cm³/mol. The Morgan fingerprint density at radius 1 is 1.21 bits per heavy atom. The summed E-state index contributed by atoms with van der Waals surface area (Å²) in [5.74, 6) is -0.867. The summed E-state index contributed by atoms with van der Waals surface area (Å²) < 4.78 is 26.0. The monoisotopic (exact) mass is 277 g/mol. The van der Waals surface area contributed by atoms with Gasteiger partial charge < -0.3 is 5.73 Å². The fourth-order valence-electron chi connectivity index (χ4n) is 1.47. The van der Waals surface area contributed by atoms with E-state index >= 15 is 0 Å². The molecule has 0 unspecified atom stereocenters. The summed E-state index contributed by atoms with van der Waals surface area (Å²) in [6, 6.07) is 8.48. The maximum Gasteiger partial charge on any atom is 0.164 e. The number of nitrogens with zero attached hydrogens (tertiary/aromatic N) is 2. The number of benzene rings is 1. The van der Waals surface area contributed by atoms with Crippen LogP contribution in [-0.4, -0.2) is 4.98 Å². The van der Waals surface area contributed by atoms with E-state index in [9.17, 15) is 8.78 Å². The van der Waals surface area contributed by atoms with Crippen molar-refractivity contribution in [1.29, 1.82) is 5.26 Å². The molecule has 0 saturated heterocycles. The largest absolute Gasteiger partial charge is 0.396 e. The molecule has 96 valence electrons. The average Bonchev–Trinajstić information content (AvgIpc) is 2.36. The Labute approximate surface area is 113 Å². The molecule has 6 heteroatoms. The molecule has 0 aliphatic carbocycles. The molecular formula is C13H9F2N3S. The molecule has 2 aromatic rings. The van der Waals surface area contributed by atoms with Crippen molar-refractivity contribution in [2.45, 2.75) is 10.8 Å². The fraction of sp³-hybridized carbons (Fsp3) is 0.0769. The molecule has 0 bridgehead atoms. The van der Waals surface area contributed by atoms with Crippen LogP contribution in [0.2, 0.25) is 0 Å². The van der Waals surface area contributed by atoms with Crippen molar-refractivity contribution in [3.8, 4) is 6.07 Å². The second kappa shape index (κ2) is 5.67. The third-order valence-electron chi connectivity index (χ3n) is 2.32. The molecule has 0 atom stereocenters. The molecule has 2 rings (SSSR count). The van der Waals surface area contributed by atoms with Gasteiger partial charge in [-0.25, -0.2) is 13.8 Å². The highest BCUT2D eigenvalue weighted by Crippen LogP contribution is 2.23. The van der Waals surface area contributed by atoms with Crippen molar-refractivity contribution in [2.24, 2.45) is 0 Å². The number of nitrogens with two attached hydrogens (primary N) is 1. The number of nitriles is 1. The molecular weight excluding hydrogens is 268 g/mol. The molecule has 1 aromatic heterocycles. The Bertz CT molecular complexity index is 633. The van der Waals surface area contributed by atoms with E-state index in [2.05, 4.69) is 4.98 Å². The third-order valence-corrected chi connectivity index (χ3v) is 3.32. The molecule has 19 heavy (non-hydrogen) atoms. The van der Waals surface area contributed by atoms with Gasteiger partial charge in [-0.1, -0.05) is 0 Å². The van der Waals surface area contributed by atoms with Crippen molar-refractivity contribution in [2.75, 3.05) is 5.73 Å². The number of anilines is 1. The SMILES string of the molecule is N#Cc1nc(SCc2cc(F)cc(F)c2)ccc1N. The lowest BCUT2D eigenvalue weighted by molar-refractivity contribution is 0.581. The van der Waals surface area contributed by atoms with Gasteiger partial charge >= 0.3 is 0 Å². The van der Waals surface area contributed by atoms with Crippen LogP contribution in [0.5, 0.6) is 0 Å². The molecule has 1 aromatic carbocycles. The molecule has 0 radical (unpaired) electrons. The summed E-state index contributed by atoms with van der Waals surface area (Å²) >= 11 is 1.28. The van der Waals surface area contributed by atoms with Crippen molar-refractivity contribution in [3.63, 3.8) is 0 Å². The van der Waals surface area contributed by atoms with E-state index in [4.69, 9.17) is 11.0 Å². The number of hydrogen-bond donors (Lipinski definition) is 1. The highest BCUT2D eigenvalue weighted by atomic mass is 32.2. The van der Waals surface area contributed by atoms with Crippen LogP contribution in [-0.2, 0) is 5.75 Å². The zero-order valence-electron chi connectivity index (χ0n) is 9.73. The third kappa shape index (κ3) is 3.42. The van der Waals surface area contributed by atoms with Crippen molar-refractivity contribution < 1.29 is 8.78 Å². The first kappa shape index (κ1) is 13.3. The van der Waals surface area contributed by atoms with Crippen molar-refractivity contribution >= 4 is 17.4 Å². The summed E-state index contributed by atoms with van der Waals surface area (Å²) in [7, 11) is 0. The number of aromatic nitrogens is 1. The normalized spacial score (nSPS) is 10.2. The number of hydrogen-bond acceptors (Lipinski definition) is 4. The molecule has 0 spiro atoms. The summed E-state index contributed by atoms with van der Waals surface area (Å²) in [4.78, 5) is 4.04. The summed E-state index contributed by atoms with van der Waals surface area (Å²) in [6.45, 7) is 0. The average molecular weight is 277 g/mol. The number of pyridine rings is 1. The van der Waals surface area contributed by atoms with Crippen LogP contribution in [0.1, 0.15) is 11.3 Å². The van der Waals surface area contributed by atoms with Gasteiger partial charge in [-0.3, -0.25) is 0 Å². The molecule has 3 nitrogen and oxygen atoms in total. The highest BCUT2D eigenvalue weighted by molar-refractivity contribution is 7.98. The number of thioether (sulfide) groups is 1. The van der Waals surface area contributed by atoms with Gasteiger partial charge in [0.2, 0.25) is 0 Å². The smallest absolute Gasteiger partial charge is 0.164 e. The van der Waals surface area contributed by atoms with Gasteiger partial charge in [0.1, 0.15) is 17.7 Å². The van der Waals surface area contributed by atoms with Gasteiger partial charge in [-0.15, -0.1) is 11.8 Å². The van der Waals surface area contributed by atoms with Gasteiger partial charge in [0, 0.05) is 11.8 Å². The van der Waals surface area contributed by atoms with Gasteiger partial charge in [-0.2, -0.15) is 5.26 Å². The molecule has 0 aliphatic heterocycles. The first-order valence-electron chi connectivity index (χ1n) is 5.33. The zero-order valence-corrected chi connectivity index (χ0v) is 10.5. The maximum absolute atomic E-state index is 13.0. The van der Waals surface area contributed by atoms with Crippen LogP contribution < -0.4 is 5.73 Å². The molecule has 0 amide bonds. The van der Waals surface area contributed by atoms with E-state index in [-0.39, 0.29) is 5.69 Å². The molecule has 0 fully saturated rings.